The van der Waals surface area contributed by atoms with Crippen LogP contribution in [0.15, 0.2) is 0 Å². The van der Waals surface area contributed by atoms with Gasteiger partial charge in [0.15, 0.2) is 0 Å². The largest absolute Gasteiger partial charge is 0.356 e. The third kappa shape index (κ3) is 1.94. The zero-order chi connectivity index (χ0) is 11.0. The maximum Gasteiger partial charge on any atom is 0.202 e. The van der Waals surface area contributed by atoms with E-state index < -0.39 is 0 Å². The second-order valence-corrected chi connectivity index (χ2v) is 5.54. The molecule has 2 atom stereocenters. The number of aryl methyl sites for hydroxylation is 1. The van der Waals surface area contributed by atoms with Crippen molar-refractivity contribution in [3.8, 4) is 0 Å². The van der Waals surface area contributed by atoms with Gasteiger partial charge in [-0.05, 0) is 32.7 Å². The molecule has 0 amide bonds. The molecule has 2 fully saturated rings. The van der Waals surface area contributed by atoms with Crippen LogP contribution in [0.4, 0.5) is 5.13 Å². The highest BCUT2D eigenvalue weighted by Gasteiger charge is 2.35. The van der Waals surface area contributed by atoms with Gasteiger partial charge in [0.1, 0.15) is 5.82 Å². The summed E-state index contributed by atoms with van der Waals surface area (Å²) in [5.41, 5.74) is 0. The number of anilines is 1. The van der Waals surface area contributed by atoms with E-state index in [2.05, 4.69) is 19.6 Å². The van der Waals surface area contributed by atoms with Gasteiger partial charge in [0.25, 0.3) is 0 Å². The maximum atomic E-state index is 4.39. The van der Waals surface area contributed by atoms with Crippen molar-refractivity contribution in [2.45, 2.75) is 44.7 Å². The smallest absolute Gasteiger partial charge is 0.202 e. The molecular formula is C11H18N4S. The van der Waals surface area contributed by atoms with Crippen molar-refractivity contribution >= 4 is 16.7 Å². The lowest BCUT2D eigenvalue weighted by molar-refractivity contribution is 0.193. The monoisotopic (exact) mass is 238 g/mol. The summed E-state index contributed by atoms with van der Waals surface area (Å²) in [5.74, 6) is 0.881. The van der Waals surface area contributed by atoms with Crippen molar-refractivity contribution in [1.82, 2.24) is 14.3 Å². The molecule has 5 heteroatoms. The zero-order valence-electron chi connectivity index (χ0n) is 9.65. The number of nitrogens with zero attached hydrogens (tertiary/aromatic N) is 3. The highest BCUT2D eigenvalue weighted by molar-refractivity contribution is 7.09. The Kier molecular flexibility index (Phi) is 2.81. The minimum atomic E-state index is 0.590. The Morgan fingerprint density at radius 1 is 1.31 bits per heavy atom. The molecule has 0 bridgehead atoms. The first kappa shape index (κ1) is 10.5. The number of piperidine rings is 1. The first-order valence-electron chi connectivity index (χ1n) is 6.14. The summed E-state index contributed by atoms with van der Waals surface area (Å²) < 4.78 is 4.22. The van der Waals surface area contributed by atoms with E-state index in [-0.39, 0.29) is 0 Å². The van der Waals surface area contributed by atoms with E-state index in [9.17, 15) is 0 Å². The molecule has 4 nitrogen and oxygen atoms in total. The molecule has 0 saturated carbocycles. The Hall–Kier alpha value is -0.680. The van der Waals surface area contributed by atoms with Crippen LogP contribution < -0.4 is 5.32 Å². The van der Waals surface area contributed by atoms with E-state index >= 15 is 0 Å². The minimum absolute atomic E-state index is 0.590. The second kappa shape index (κ2) is 4.30. The second-order valence-electron chi connectivity index (χ2n) is 4.79. The van der Waals surface area contributed by atoms with Crippen LogP contribution in [0.25, 0.3) is 0 Å². The summed E-state index contributed by atoms with van der Waals surface area (Å²) in [6.07, 6.45) is 5.36. The van der Waals surface area contributed by atoms with Gasteiger partial charge in [-0.1, -0.05) is 6.42 Å². The third-order valence-electron chi connectivity index (χ3n) is 3.69. The fourth-order valence-electron chi connectivity index (χ4n) is 2.93. The quantitative estimate of drug-likeness (QED) is 0.854. The van der Waals surface area contributed by atoms with Gasteiger partial charge in [-0.25, -0.2) is 4.98 Å². The predicted octanol–water partition coefficient (Wildman–Crippen LogP) is 1.89. The average molecular weight is 238 g/mol. The van der Waals surface area contributed by atoms with Crippen LogP contribution in [0.3, 0.4) is 0 Å². The van der Waals surface area contributed by atoms with Crippen LogP contribution in [-0.4, -0.2) is 39.4 Å². The van der Waals surface area contributed by atoms with Gasteiger partial charge in [-0.2, -0.15) is 4.37 Å². The third-order valence-corrected chi connectivity index (χ3v) is 4.43. The van der Waals surface area contributed by atoms with Gasteiger partial charge in [0.2, 0.25) is 5.13 Å². The number of nitrogens with one attached hydrogen (secondary N) is 1. The molecule has 16 heavy (non-hydrogen) atoms. The lowest BCUT2D eigenvalue weighted by Gasteiger charge is -2.32. The van der Waals surface area contributed by atoms with E-state index in [1.807, 2.05) is 6.92 Å². The van der Waals surface area contributed by atoms with E-state index in [1.165, 1.54) is 50.3 Å². The Bertz CT molecular complexity index is 365. The van der Waals surface area contributed by atoms with Gasteiger partial charge in [-0.3, -0.25) is 4.90 Å². The number of hydrogen-bond acceptors (Lipinski definition) is 5. The van der Waals surface area contributed by atoms with E-state index in [4.69, 9.17) is 0 Å². The van der Waals surface area contributed by atoms with Crippen LogP contribution in [0.1, 0.15) is 31.5 Å². The Morgan fingerprint density at radius 2 is 2.25 bits per heavy atom. The van der Waals surface area contributed by atoms with Crippen LogP contribution >= 0.6 is 11.5 Å². The molecule has 1 N–H and O–H groups in total. The molecule has 3 heterocycles. The number of aromatic nitrogens is 2. The first-order chi connectivity index (χ1) is 7.83. The molecule has 2 saturated heterocycles. The van der Waals surface area contributed by atoms with Crippen LogP contribution in [0, 0.1) is 6.92 Å². The summed E-state index contributed by atoms with van der Waals surface area (Å²) in [6.45, 7) is 4.49. The van der Waals surface area contributed by atoms with Gasteiger partial charge < -0.3 is 5.32 Å². The fraction of sp³-hybridized carbons (Fsp3) is 0.818. The van der Waals surface area contributed by atoms with Crippen LogP contribution in [-0.2, 0) is 0 Å². The van der Waals surface area contributed by atoms with Gasteiger partial charge in [0, 0.05) is 30.2 Å². The number of hydrogen-bond donors (Lipinski definition) is 1. The van der Waals surface area contributed by atoms with Crippen molar-refractivity contribution in [3.63, 3.8) is 0 Å². The van der Waals surface area contributed by atoms with Crippen molar-refractivity contribution in [2.24, 2.45) is 0 Å². The predicted molar refractivity (Wildman–Crippen MR) is 65.9 cm³/mol. The van der Waals surface area contributed by atoms with E-state index in [0.29, 0.717) is 6.04 Å². The average Bonchev–Trinajstić information content (AvgIpc) is 2.87. The van der Waals surface area contributed by atoms with Gasteiger partial charge >= 0.3 is 0 Å². The molecule has 88 valence electrons. The molecule has 0 aliphatic carbocycles. The lowest BCUT2D eigenvalue weighted by atomic mass is 9.99. The van der Waals surface area contributed by atoms with E-state index in [0.717, 1.165) is 17.0 Å². The summed E-state index contributed by atoms with van der Waals surface area (Å²) in [7, 11) is 0. The summed E-state index contributed by atoms with van der Waals surface area (Å²) in [6, 6.07) is 1.32. The van der Waals surface area contributed by atoms with Gasteiger partial charge in [-0.15, -0.1) is 0 Å². The summed E-state index contributed by atoms with van der Waals surface area (Å²) >= 11 is 1.49. The molecule has 3 rings (SSSR count). The maximum absolute atomic E-state index is 4.39. The molecule has 0 radical (unpaired) electrons. The highest BCUT2D eigenvalue weighted by Crippen LogP contribution is 2.29. The Balaban J connectivity index is 1.67. The normalized spacial score (nSPS) is 30.3. The fourth-order valence-corrected chi connectivity index (χ4v) is 3.57. The molecule has 0 spiro atoms. The standard InChI is InChI=1S/C11H18N4S/c1-8-12-11(16-14-8)13-9-5-7-15-6-3-2-4-10(9)15/h9-10H,2-7H2,1H3,(H,12,13,14). The van der Waals surface area contributed by atoms with Crippen molar-refractivity contribution in [2.75, 3.05) is 18.4 Å². The number of fused-ring (bicyclic) bond motifs is 1. The molecular weight excluding hydrogens is 220 g/mol. The number of rotatable bonds is 2. The Labute approximate surface area is 100 Å². The molecule has 1 aromatic rings. The molecule has 2 aliphatic rings. The molecule has 2 aliphatic heterocycles. The molecule has 2 unspecified atom stereocenters. The SMILES string of the molecule is Cc1nsc(NC2CCN3CCCCC23)n1. The lowest BCUT2D eigenvalue weighted by Crippen LogP contribution is -2.41. The minimum Gasteiger partial charge on any atom is -0.356 e. The van der Waals surface area contributed by atoms with Crippen LogP contribution in [0.5, 0.6) is 0 Å². The van der Waals surface area contributed by atoms with Crippen LogP contribution in [0.2, 0.25) is 0 Å². The topological polar surface area (TPSA) is 41.1 Å². The summed E-state index contributed by atoms with van der Waals surface area (Å²) in [4.78, 5) is 7.02. The highest BCUT2D eigenvalue weighted by atomic mass is 32.1. The molecule has 0 aromatic carbocycles. The van der Waals surface area contributed by atoms with Crippen molar-refractivity contribution in [3.05, 3.63) is 5.82 Å². The summed E-state index contributed by atoms with van der Waals surface area (Å²) in [5, 5.41) is 4.56. The Morgan fingerprint density at radius 3 is 3.06 bits per heavy atom. The molecule has 1 aromatic heterocycles. The van der Waals surface area contributed by atoms with Crippen molar-refractivity contribution in [1.29, 1.82) is 0 Å². The van der Waals surface area contributed by atoms with Gasteiger partial charge in [0.05, 0.1) is 0 Å². The zero-order valence-corrected chi connectivity index (χ0v) is 10.5. The van der Waals surface area contributed by atoms with E-state index in [1.54, 1.807) is 0 Å². The van der Waals surface area contributed by atoms with Crippen molar-refractivity contribution < 1.29 is 0 Å². The first-order valence-corrected chi connectivity index (χ1v) is 6.91.